The molecule has 0 unspecified atom stereocenters. The Labute approximate surface area is 225 Å². The minimum atomic E-state index is -1.13. The molecule has 2 aromatic heterocycles. The Morgan fingerprint density at radius 3 is 2.32 bits per heavy atom. The van der Waals surface area contributed by atoms with Crippen molar-refractivity contribution in [2.75, 3.05) is 11.4 Å². The first-order chi connectivity index (χ1) is 17.9. The van der Waals surface area contributed by atoms with Gasteiger partial charge >= 0.3 is 6.09 Å². The van der Waals surface area contributed by atoms with Crippen LogP contribution in [0.4, 0.5) is 10.6 Å². The highest BCUT2D eigenvalue weighted by molar-refractivity contribution is 7.13. The lowest BCUT2D eigenvalue weighted by Crippen LogP contribution is -2.41. The van der Waals surface area contributed by atoms with E-state index in [9.17, 15) is 19.5 Å². The van der Waals surface area contributed by atoms with Crippen LogP contribution in [-0.2, 0) is 6.54 Å². The number of rotatable bonds is 7. The standard InChI is InChI=1S/C29H32N4O4S/c1-17(2)14-32-26(33(28(36)37)16-29(3,4)5)23(18-9-7-6-8-10-18)21-13-19(11-12-20(21)27(32)35)25-31-22(15-38-25)24(30)34/h6-13,15,17H,14,16H2,1-5H3,(H2,30,34)(H,36,37). The van der Waals surface area contributed by atoms with Crippen molar-refractivity contribution in [2.24, 2.45) is 17.1 Å². The van der Waals surface area contributed by atoms with E-state index in [0.717, 1.165) is 5.56 Å². The fourth-order valence-electron chi connectivity index (χ4n) is 4.50. The zero-order chi connectivity index (χ0) is 27.8. The molecule has 38 heavy (non-hydrogen) atoms. The lowest BCUT2D eigenvalue weighted by Gasteiger charge is -2.32. The number of carbonyl (C=O) groups is 2. The van der Waals surface area contributed by atoms with E-state index in [1.807, 2.05) is 71.0 Å². The first-order valence-corrected chi connectivity index (χ1v) is 13.3. The Morgan fingerprint density at radius 2 is 1.76 bits per heavy atom. The molecule has 0 spiro atoms. The summed E-state index contributed by atoms with van der Waals surface area (Å²) in [6, 6.07) is 14.9. The summed E-state index contributed by atoms with van der Waals surface area (Å²) in [5.74, 6) is -0.171. The number of aromatic nitrogens is 2. The number of thiazole rings is 1. The molecule has 2 aromatic carbocycles. The highest BCUT2D eigenvalue weighted by atomic mass is 32.1. The van der Waals surface area contributed by atoms with Crippen LogP contribution in [0.1, 0.15) is 45.1 Å². The number of carbonyl (C=O) groups excluding carboxylic acids is 1. The van der Waals surface area contributed by atoms with Crippen molar-refractivity contribution in [3.8, 4) is 21.7 Å². The second-order valence-corrected chi connectivity index (χ2v) is 11.8. The van der Waals surface area contributed by atoms with E-state index in [1.54, 1.807) is 22.1 Å². The number of amides is 2. The Balaban J connectivity index is 2.15. The molecule has 0 aliphatic carbocycles. The van der Waals surface area contributed by atoms with Gasteiger partial charge in [-0.3, -0.25) is 19.1 Å². The molecule has 2 amide bonds. The molecule has 9 heteroatoms. The summed E-state index contributed by atoms with van der Waals surface area (Å²) < 4.78 is 1.60. The molecule has 198 valence electrons. The Hall–Kier alpha value is -3.98. The van der Waals surface area contributed by atoms with Crippen LogP contribution in [-0.4, -0.2) is 33.2 Å². The number of fused-ring (bicyclic) bond motifs is 1. The number of primary amides is 1. The second-order valence-electron chi connectivity index (χ2n) is 11.0. The average molecular weight is 533 g/mol. The van der Waals surface area contributed by atoms with Gasteiger partial charge in [0.05, 0.1) is 0 Å². The smallest absolute Gasteiger partial charge is 0.412 e. The second kappa shape index (κ2) is 10.4. The topological polar surface area (TPSA) is 119 Å². The molecule has 0 radical (unpaired) electrons. The summed E-state index contributed by atoms with van der Waals surface area (Å²) in [6.45, 7) is 10.4. The molecule has 0 aliphatic rings. The van der Waals surface area contributed by atoms with Gasteiger partial charge in [-0.05, 0) is 34.4 Å². The minimum Gasteiger partial charge on any atom is -0.465 e. The number of benzene rings is 2. The molecule has 2 heterocycles. The van der Waals surface area contributed by atoms with E-state index in [4.69, 9.17) is 5.73 Å². The van der Waals surface area contributed by atoms with Crippen LogP contribution in [0.5, 0.6) is 0 Å². The molecule has 4 aromatic rings. The van der Waals surface area contributed by atoms with Crippen LogP contribution in [0.2, 0.25) is 0 Å². The van der Waals surface area contributed by atoms with Gasteiger partial charge in [0.2, 0.25) is 0 Å². The van der Waals surface area contributed by atoms with Crippen LogP contribution >= 0.6 is 11.3 Å². The van der Waals surface area contributed by atoms with Crippen LogP contribution in [0.3, 0.4) is 0 Å². The molecule has 0 saturated carbocycles. The summed E-state index contributed by atoms with van der Waals surface area (Å²) in [5.41, 5.74) is 7.10. The zero-order valence-electron chi connectivity index (χ0n) is 22.2. The molecule has 4 rings (SSSR count). The van der Waals surface area contributed by atoms with Gasteiger partial charge in [0.15, 0.2) is 0 Å². The first kappa shape index (κ1) is 27.1. The van der Waals surface area contributed by atoms with Crippen LogP contribution in [0, 0.1) is 11.3 Å². The van der Waals surface area contributed by atoms with Gasteiger partial charge in [-0.15, -0.1) is 11.3 Å². The predicted molar refractivity (Wildman–Crippen MR) is 153 cm³/mol. The summed E-state index contributed by atoms with van der Waals surface area (Å²) >= 11 is 1.28. The summed E-state index contributed by atoms with van der Waals surface area (Å²) in [5, 5.41) is 13.7. The van der Waals surface area contributed by atoms with E-state index in [1.165, 1.54) is 16.2 Å². The van der Waals surface area contributed by atoms with Crippen LogP contribution in [0.15, 0.2) is 58.7 Å². The number of nitrogens with two attached hydrogens (primary N) is 1. The SMILES string of the molecule is CC(C)Cn1c(N(CC(C)(C)C)C(=O)O)c(-c2ccccc2)c2cc(-c3nc(C(N)=O)cs3)ccc2c1=O. The number of anilines is 1. The van der Waals surface area contributed by atoms with Gasteiger partial charge in [0.1, 0.15) is 16.5 Å². The first-order valence-electron chi connectivity index (χ1n) is 12.4. The summed E-state index contributed by atoms with van der Waals surface area (Å²) in [7, 11) is 0. The molecule has 0 saturated heterocycles. The predicted octanol–water partition coefficient (Wildman–Crippen LogP) is 6.08. The molecule has 0 bridgehead atoms. The van der Waals surface area contributed by atoms with Crippen molar-refractivity contribution in [1.82, 2.24) is 9.55 Å². The van der Waals surface area contributed by atoms with Crippen LogP contribution in [0.25, 0.3) is 32.5 Å². The van der Waals surface area contributed by atoms with Gasteiger partial charge in [0, 0.05) is 35.0 Å². The van der Waals surface area contributed by atoms with Crippen LogP contribution < -0.4 is 16.2 Å². The highest BCUT2D eigenvalue weighted by Gasteiger charge is 2.30. The number of carboxylic acid groups (broad SMARTS) is 1. The maximum Gasteiger partial charge on any atom is 0.412 e. The van der Waals surface area contributed by atoms with Crippen molar-refractivity contribution in [3.05, 3.63) is 70.0 Å². The third-order valence-corrected chi connectivity index (χ3v) is 6.87. The minimum absolute atomic E-state index is 0.0969. The number of hydrogen-bond acceptors (Lipinski definition) is 5. The zero-order valence-corrected chi connectivity index (χ0v) is 23.0. The largest absolute Gasteiger partial charge is 0.465 e. The molecular weight excluding hydrogens is 500 g/mol. The van der Waals surface area contributed by atoms with Gasteiger partial charge in [-0.2, -0.15) is 0 Å². The van der Waals surface area contributed by atoms with E-state index in [0.29, 0.717) is 39.3 Å². The normalized spacial score (nSPS) is 11.7. The van der Waals surface area contributed by atoms with E-state index >= 15 is 0 Å². The number of pyridine rings is 1. The Morgan fingerprint density at radius 1 is 1.08 bits per heavy atom. The third-order valence-electron chi connectivity index (χ3n) is 5.98. The summed E-state index contributed by atoms with van der Waals surface area (Å²) in [4.78, 5) is 44.0. The fourth-order valence-corrected chi connectivity index (χ4v) is 5.31. The van der Waals surface area contributed by atoms with Crippen molar-refractivity contribution in [1.29, 1.82) is 0 Å². The monoisotopic (exact) mass is 532 g/mol. The third kappa shape index (κ3) is 5.47. The van der Waals surface area contributed by atoms with Crippen molar-refractivity contribution in [3.63, 3.8) is 0 Å². The molecule has 0 fully saturated rings. The van der Waals surface area contributed by atoms with Gasteiger partial charge in [-0.1, -0.05) is 71.0 Å². The maximum absolute atomic E-state index is 14.0. The Bertz CT molecular complexity index is 1570. The quantitative estimate of drug-likeness (QED) is 0.299. The number of nitrogens with zero attached hydrogens (tertiary/aromatic N) is 3. The van der Waals surface area contributed by atoms with E-state index in [2.05, 4.69) is 4.98 Å². The molecular formula is C29H32N4O4S. The average Bonchev–Trinajstić information content (AvgIpc) is 3.34. The van der Waals surface area contributed by atoms with Gasteiger partial charge in [0.25, 0.3) is 11.5 Å². The molecule has 0 aliphatic heterocycles. The Kier molecular flexibility index (Phi) is 7.42. The number of hydrogen-bond donors (Lipinski definition) is 2. The van der Waals surface area contributed by atoms with Crippen molar-refractivity contribution >= 4 is 39.9 Å². The lowest BCUT2D eigenvalue weighted by atomic mass is 9.94. The van der Waals surface area contributed by atoms with E-state index < -0.39 is 12.0 Å². The summed E-state index contributed by atoms with van der Waals surface area (Å²) in [6.07, 6.45) is -1.13. The highest BCUT2D eigenvalue weighted by Crippen LogP contribution is 2.39. The van der Waals surface area contributed by atoms with Crippen molar-refractivity contribution in [2.45, 2.75) is 41.2 Å². The lowest BCUT2D eigenvalue weighted by molar-refractivity contribution is 0.0996. The maximum atomic E-state index is 14.0. The molecule has 0 atom stereocenters. The van der Waals surface area contributed by atoms with Gasteiger partial charge in [-0.25, -0.2) is 9.78 Å². The molecule has 3 N–H and O–H groups in total. The molecule has 8 nitrogen and oxygen atoms in total. The van der Waals surface area contributed by atoms with Crippen molar-refractivity contribution < 1.29 is 14.7 Å². The van der Waals surface area contributed by atoms with Gasteiger partial charge < -0.3 is 10.8 Å². The van der Waals surface area contributed by atoms with E-state index in [-0.39, 0.29) is 29.1 Å². The fraction of sp³-hybridized carbons (Fsp3) is 0.310.